The van der Waals surface area contributed by atoms with Crippen LogP contribution in [0.2, 0.25) is 0 Å². The van der Waals surface area contributed by atoms with Gasteiger partial charge >= 0.3 is 0 Å². The van der Waals surface area contributed by atoms with Gasteiger partial charge in [-0.25, -0.2) is 0 Å². The molecule has 82 valence electrons. The lowest BCUT2D eigenvalue weighted by molar-refractivity contribution is 0.100. The van der Waals surface area contributed by atoms with Gasteiger partial charge < -0.3 is 5.73 Å². The fourth-order valence-corrected chi connectivity index (χ4v) is 1.43. The predicted octanol–water partition coefficient (Wildman–Crippen LogP) is 1.18. The van der Waals surface area contributed by atoms with Crippen LogP contribution in [0.25, 0.3) is 5.69 Å². The van der Waals surface area contributed by atoms with Gasteiger partial charge in [-0.05, 0) is 30.3 Å². The van der Waals surface area contributed by atoms with Gasteiger partial charge in [-0.1, -0.05) is 6.07 Å². The largest absolute Gasteiger partial charge is 0.366 e. The Labute approximate surface area is 93.4 Å². The Kier molecular flexibility index (Phi) is 2.55. The Bertz CT molecular complexity index is 576. The monoisotopic (exact) mass is 216 g/mol. The molecular weight excluding hydrogens is 204 g/mol. The molecule has 0 aliphatic carbocycles. The normalized spacial score (nSPS) is 10.0. The van der Waals surface area contributed by atoms with Crippen molar-refractivity contribution < 1.29 is 6.22 Å². The summed E-state index contributed by atoms with van der Waals surface area (Å²) in [6.07, 6.45) is 1.67. The van der Waals surface area contributed by atoms with E-state index in [1.165, 1.54) is 10.6 Å². The molecule has 1 aromatic carbocycles. The highest BCUT2D eigenvalue weighted by molar-refractivity contribution is 5.92. The number of carbonyl (C=O) groups excluding carboxylic acids is 1. The van der Waals surface area contributed by atoms with Crippen molar-refractivity contribution >= 4 is 5.91 Å². The van der Waals surface area contributed by atoms with E-state index in [9.17, 15) is 9.59 Å². The SMILES string of the molecule is NC(=O)c1ccc(-n2ccccc2=O)cc1.[HH]. The highest BCUT2D eigenvalue weighted by Gasteiger charge is 2.01. The van der Waals surface area contributed by atoms with E-state index in [-0.39, 0.29) is 6.99 Å². The molecule has 2 rings (SSSR count). The molecule has 16 heavy (non-hydrogen) atoms. The van der Waals surface area contributed by atoms with Gasteiger partial charge in [0.1, 0.15) is 0 Å². The Balaban J connectivity index is 0.00000144. The lowest BCUT2D eigenvalue weighted by Gasteiger charge is -2.04. The number of aromatic nitrogens is 1. The van der Waals surface area contributed by atoms with Gasteiger partial charge in [-0.2, -0.15) is 0 Å². The quantitative estimate of drug-likeness (QED) is 0.819. The molecule has 1 heterocycles. The zero-order chi connectivity index (χ0) is 11.5. The van der Waals surface area contributed by atoms with Crippen molar-refractivity contribution in [2.24, 2.45) is 5.73 Å². The molecular formula is C12H12N2O2. The molecule has 0 aliphatic rings. The van der Waals surface area contributed by atoms with Crippen LogP contribution in [0.15, 0.2) is 53.5 Å². The molecule has 0 atom stereocenters. The second kappa shape index (κ2) is 4.02. The molecule has 0 radical (unpaired) electrons. The number of carbonyl (C=O) groups is 1. The Morgan fingerprint density at radius 3 is 2.38 bits per heavy atom. The standard InChI is InChI=1S/C12H10N2O2.H2/c13-12(16)9-4-6-10(7-5-9)14-8-2-1-3-11(14)15;/h1-8H,(H2,13,16);1H. The molecule has 0 spiro atoms. The number of hydrogen-bond acceptors (Lipinski definition) is 2. The van der Waals surface area contributed by atoms with E-state index >= 15 is 0 Å². The molecule has 2 N–H and O–H groups in total. The Morgan fingerprint density at radius 2 is 1.81 bits per heavy atom. The molecule has 0 fully saturated rings. The number of rotatable bonds is 2. The summed E-state index contributed by atoms with van der Waals surface area (Å²) in [7, 11) is 0. The van der Waals surface area contributed by atoms with Crippen molar-refractivity contribution in [1.82, 2.24) is 4.57 Å². The smallest absolute Gasteiger partial charge is 0.255 e. The average Bonchev–Trinajstić information content (AvgIpc) is 2.30. The summed E-state index contributed by atoms with van der Waals surface area (Å²) in [6, 6.07) is 11.5. The third-order valence-corrected chi connectivity index (χ3v) is 2.25. The molecule has 0 aliphatic heterocycles. The summed E-state index contributed by atoms with van der Waals surface area (Å²) < 4.78 is 1.49. The Hall–Kier alpha value is -2.36. The third kappa shape index (κ3) is 1.86. The molecule has 4 heteroatoms. The molecule has 0 saturated carbocycles. The first-order valence-corrected chi connectivity index (χ1v) is 4.76. The lowest BCUT2D eigenvalue weighted by Crippen LogP contribution is -2.16. The molecule has 0 bridgehead atoms. The van der Waals surface area contributed by atoms with E-state index < -0.39 is 5.91 Å². The highest BCUT2D eigenvalue weighted by atomic mass is 16.1. The van der Waals surface area contributed by atoms with E-state index in [1.54, 1.807) is 42.6 Å². The first kappa shape index (κ1) is 10.2. The number of benzene rings is 1. The fourth-order valence-electron chi connectivity index (χ4n) is 1.43. The maximum Gasteiger partial charge on any atom is 0.255 e. The van der Waals surface area contributed by atoms with Crippen LogP contribution in [0.5, 0.6) is 0 Å². The minimum Gasteiger partial charge on any atom is -0.366 e. The molecule has 1 amide bonds. The molecule has 4 nitrogen and oxygen atoms in total. The minimum absolute atomic E-state index is 0. The van der Waals surface area contributed by atoms with Gasteiger partial charge in [0.15, 0.2) is 0 Å². The van der Waals surface area contributed by atoms with Gasteiger partial charge in [0.05, 0.1) is 0 Å². The van der Waals surface area contributed by atoms with Gasteiger partial charge in [0.2, 0.25) is 5.91 Å². The number of nitrogens with zero attached hydrogens (tertiary/aromatic N) is 1. The van der Waals surface area contributed by atoms with E-state index in [4.69, 9.17) is 5.73 Å². The first-order chi connectivity index (χ1) is 7.68. The summed E-state index contributed by atoms with van der Waals surface area (Å²) >= 11 is 0. The number of amides is 1. The van der Waals surface area contributed by atoms with Crippen molar-refractivity contribution in [2.45, 2.75) is 0 Å². The van der Waals surface area contributed by atoms with Crippen LogP contribution in [-0.2, 0) is 0 Å². The van der Waals surface area contributed by atoms with Gasteiger partial charge in [-0.15, -0.1) is 0 Å². The summed E-state index contributed by atoms with van der Waals surface area (Å²) in [5.74, 6) is -0.480. The molecule has 1 aromatic heterocycles. The zero-order valence-electron chi connectivity index (χ0n) is 8.46. The Morgan fingerprint density at radius 1 is 1.12 bits per heavy atom. The van der Waals surface area contributed by atoms with Crippen molar-refractivity contribution in [1.29, 1.82) is 0 Å². The maximum atomic E-state index is 11.5. The summed E-state index contributed by atoms with van der Waals surface area (Å²) in [4.78, 5) is 22.4. The predicted molar refractivity (Wildman–Crippen MR) is 62.7 cm³/mol. The average molecular weight is 216 g/mol. The van der Waals surface area contributed by atoms with Crippen LogP contribution in [-0.4, -0.2) is 10.5 Å². The van der Waals surface area contributed by atoms with Crippen molar-refractivity contribution in [3.8, 4) is 5.69 Å². The third-order valence-electron chi connectivity index (χ3n) is 2.25. The number of primary amides is 1. The van der Waals surface area contributed by atoms with E-state index in [2.05, 4.69) is 0 Å². The fraction of sp³-hybridized carbons (Fsp3) is 0. The van der Waals surface area contributed by atoms with Crippen molar-refractivity contribution in [3.05, 3.63) is 64.6 Å². The van der Waals surface area contributed by atoms with Gasteiger partial charge in [0.25, 0.3) is 5.56 Å². The minimum atomic E-state index is -0.480. The molecule has 0 unspecified atom stereocenters. The number of nitrogens with two attached hydrogens (primary N) is 1. The van der Waals surface area contributed by atoms with Gasteiger partial charge in [0, 0.05) is 24.9 Å². The van der Waals surface area contributed by atoms with Crippen LogP contribution in [0.4, 0.5) is 0 Å². The topological polar surface area (TPSA) is 65.1 Å². The highest BCUT2D eigenvalue weighted by Crippen LogP contribution is 2.06. The van der Waals surface area contributed by atoms with Crippen LogP contribution in [0, 0.1) is 0 Å². The van der Waals surface area contributed by atoms with Crippen molar-refractivity contribution in [3.63, 3.8) is 0 Å². The number of hydrogen-bond donors (Lipinski definition) is 1. The molecule has 0 saturated heterocycles. The van der Waals surface area contributed by atoms with Crippen molar-refractivity contribution in [2.75, 3.05) is 0 Å². The lowest BCUT2D eigenvalue weighted by atomic mass is 10.2. The summed E-state index contributed by atoms with van der Waals surface area (Å²) in [6.45, 7) is 0. The van der Waals surface area contributed by atoms with E-state index in [0.29, 0.717) is 11.3 Å². The van der Waals surface area contributed by atoms with E-state index in [1.807, 2.05) is 0 Å². The van der Waals surface area contributed by atoms with Crippen LogP contribution in [0.3, 0.4) is 0 Å². The van der Waals surface area contributed by atoms with E-state index in [0.717, 1.165) is 0 Å². The summed E-state index contributed by atoms with van der Waals surface area (Å²) in [5.41, 5.74) is 6.14. The second-order valence-corrected chi connectivity index (χ2v) is 3.32. The maximum absolute atomic E-state index is 11.5. The second-order valence-electron chi connectivity index (χ2n) is 3.32. The van der Waals surface area contributed by atoms with Gasteiger partial charge in [-0.3, -0.25) is 14.2 Å². The van der Waals surface area contributed by atoms with Crippen LogP contribution < -0.4 is 11.3 Å². The first-order valence-electron chi connectivity index (χ1n) is 4.76. The zero-order valence-corrected chi connectivity index (χ0v) is 8.46. The summed E-state index contributed by atoms with van der Waals surface area (Å²) in [5, 5.41) is 0. The van der Waals surface area contributed by atoms with Crippen LogP contribution >= 0.6 is 0 Å². The molecule has 2 aromatic rings. The van der Waals surface area contributed by atoms with Crippen LogP contribution in [0.1, 0.15) is 11.8 Å². The number of pyridine rings is 1.